The highest BCUT2D eigenvalue weighted by Crippen LogP contribution is 2.41. The first-order valence-corrected chi connectivity index (χ1v) is 11.9. The standard InChI is InChI=1S/C23H33B3N4O3/c1-21(2)22(3,4)33-26(32-21)16-7-8-19(27-12-16)29-13-17-10-18(14-29)30(17)23(24,25)15-6-9-20(31-5)28-11-15/h6-9,11-12,17-18H,10,13-14,24-25H2,1-5H3. The lowest BCUT2D eigenvalue weighted by atomic mass is 9.54. The van der Waals surface area contributed by atoms with E-state index in [1.165, 1.54) is 12.0 Å². The van der Waals surface area contributed by atoms with Gasteiger partial charge in [-0.15, -0.1) is 0 Å². The molecule has 4 saturated heterocycles. The number of pyridine rings is 2. The van der Waals surface area contributed by atoms with Gasteiger partial charge in [0.05, 0.1) is 18.3 Å². The van der Waals surface area contributed by atoms with Gasteiger partial charge in [0, 0.05) is 49.1 Å². The Morgan fingerprint density at radius 3 is 2.18 bits per heavy atom. The third-order valence-electron chi connectivity index (χ3n) is 8.11. The van der Waals surface area contributed by atoms with Crippen molar-refractivity contribution in [2.75, 3.05) is 25.1 Å². The van der Waals surface area contributed by atoms with Crippen LogP contribution in [0.5, 0.6) is 5.88 Å². The van der Waals surface area contributed by atoms with Crippen LogP contribution in [-0.4, -0.2) is 81.2 Å². The van der Waals surface area contributed by atoms with Crippen molar-refractivity contribution in [3.05, 3.63) is 42.2 Å². The van der Waals surface area contributed by atoms with Gasteiger partial charge in [0.1, 0.15) is 21.5 Å². The van der Waals surface area contributed by atoms with Gasteiger partial charge in [0.15, 0.2) is 0 Å². The summed E-state index contributed by atoms with van der Waals surface area (Å²) in [6.07, 6.45) is 5.08. The first kappa shape index (κ1) is 22.8. The van der Waals surface area contributed by atoms with Crippen molar-refractivity contribution < 1.29 is 14.0 Å². The number of ether oxygens (including phenoxy) is 1. The van der Waals surface area contributed by atoms with Gasteiger partial charge in [-0.05, 0) is 51.1 Å². The summed E-state index contributed by atoms with van der Waals surface area (Å²) in [5, 5.41) is -0.0764. The summed E-state index contributed by atoms with van der Waals surface area (Å²) in [5.41, 5.74) is 1.49. The van der Waals surface area contributed by atoms with Crippen LogP contribution >= 0.6 is 0 Å². The molecule has 4 fully saturated rings. The van der Waals surface area contributed by atoms with E-state index in [2.05, 4.69) is 76.4 Å². The Balaban J connectivity index is 1.26. The third kappa shape index (κ3) is 3.76. The van der Waals surface area contributed by atoms with Gasteiger partial charge in [-0.2, -0.15) is 0 Å². The molecular weight excluding hydrogens is 413 g/mol. The first-order valence-electron chi connectivity index (χ1n) is 11.9. The van der Waals surface area contributed by atoms with Gasteiger partial charge in [0.25, 0.3) is 0 Å². The molecule has 0 N–H and O–H groups in total. The second-order valence-electron chi connectivity index (χ2n) is 11.0. The van der Waals surface area contributed by atoms with Gasteiger partial charge in [-0.3, -0.25) is 4.90 Å². The number of piperazine rings is 1. The number of hydrogen-bond donors (Lipinski definition) is 0. The molecule has 2 aromatic rings. The Hall–Kier alpha value is -2.03. The van der Waals surface area contributed by atoms with E-state index in [4.69, 9.17) is 19.0 Å². The molecule has 0 saturated carbocycles. The number of piperidine rings is 1. The van der Waals surface area contributed by atoms with E-state index in [1.807, 2.05) is 18.5 Å². The van der Waals surface area contributed by atoms with Gasteiger partial charge >= 0.3 is 7.12 Å². The van der Waals surface area contributed by atoms with Crippen LogP contribution in [0.4, 0.5) is 5.82 Å². The lowest BCUT2D eigenvalue weighted by molar-refractivity contribution is -0.0304. The maximum absolute atomic E-state index is 6.17. The molecule has 0 aliphatic carbocycles. The second kappa shape index (κ2) is 7.75. The Bertz CT molecular complexity index is 989. The number of fused-ring (bicyclic) bond motifs is 2. The highest BCUT2D eigenvalue weighted by atomic mass is 16.7. The van der Waals surface area contributed by atoms with Crippen LogP contribution in [0.2, 0.25) is 0 Å². The number of hydrogen-bond acceptors (Lipinski definition) is 7. The molecule has 4 aliphatic rings. The first-order chi connectivity index (χ1) is 15.5. The Morgan fingerprint density at radius 2 is 1.67 bits per heavy atom. The summed E-state index contributed by atoms with van der Waals surface area (Å²) in [6, 6.07) is 9.29. The van der Waals surface area contributed by atoms with Crippen molar-refractivity contribution in [1.82, 2.24) is 14.9 Å². The molecule has 0 radical (unpaired) electrons. The van der Waals surface area contributed by atoms with Crippen molar-refractivity contribution in [3.63, 3.8) is 0 Å². The van der Waals surface area contributed by atoms with Gasteiger partial charge < -0.3 is 18.9 Å². The summed E-state index contributed by atoms with van der Waals surface area (Å²) < 4.78 is 17.6. The van der Waals surface area contributed by atoms with E-state index in [-0.39, 0.29) is 23.7 Å². The Morgan fingerprint density at radius 1 is 1.00 bits per heavy atom. The van der Waals surface area contributed by atoms with Crippen LogP contribution in [0.15, 0.2) is 36.7 Å². The van der Waals surface area contributed by atoms with Crippen molar-refractivity contribution >= 4 is 34.1 Å². The summed E-state index contributed by atoms with van der Waals surface area (Å²) in [6.45, 7) is 10.3. The van der Waals surface area contributed by atoms with Gasteiger partial charge in [0.2, 0.25) is 5.88 Å². The highest BCUT2D eigenvalue weighted by molar-refractivity contribution is 6.62. The summed E-state index contributed by atoms with van der Waals surface area (Å²) >= 11 is 0. The number of aromatic nitrogens is 2. The molecule has 0 aromatic carbocycles. The molecule has 10 heteroatoms. The molecule has 0 amide bonds. The topological polar surface area (TPSA) is 60.0 Å². The normalized spacial score (nSPS) is 26.2. The number of nitrogens with zero attached hydrogens (tertiary/aromatic N) is 4. The molecular formula is C23H33B3N4O3. The molecule has 7 nitrogen and oxygen atoms in total. The zero-order valence-electron chi connectivity index (χ0n) is 20.8. The van der Waals surface area contributed by atoms with Crippen LogP contribution in [0.25, 0.3) is 0 Å². The second-order valence-corrected chi connectivity index (χ2v) is 11.0. The maximum atomic E-state index is 6.17. The maximum Gasteiger partial charge on any atom is 0.496 e. The van der Waals surface area contributed by atoms with E-state index < -0.39 is 0 Å². The van der Waals surface area contributed by atoms with Crippen molar-refractivity contribution in [3.8, 4) is 5.88 Å². The zero-order chi connectivity index (χ0) is 23.6. The molecule has 2 aromatic heterocycles. The van der Waals surface area contributed by atoms with Crippen molar-refractivity contribution in [2.24, 2.45) is 0 Å². The molecule has 6 heterocycles. The lowest BCUT2D eigenvalue weighted by Gasteiger charge is -2.62. The minimum atomic E-state index is -0.374. The van der Waals surface area contributed by atoms with Crippen LogP contribution in [-0.2, 0) is 14.6 Å². The molecule has 4 aliphatic heterocycles. The summed E-state index contributed by atoms with van der Waals surface area (Å²) in [5.74, 6) is 1.67. The van der Waals surface area contributed by atoms with E-state index in [1.54, 1.807) is 7.11 Å². The molecule has 33 heavy (non-hydrogen) atoms. The molecule has 2 bridgehead atoms. The quantitative estimate of drug-likeness (QED) is 0.606. The van der Waals surface area contributed by atoms with E-state index in [0.29, 0.717) is 18.0 Å². The number of methoxy groups -OCH3 is 1. The van der Waals surface area contributed by atoms with Crippen LogP contribution in [0.1, 0.15) is 39.7 Å². The fourth-order valence-corrected chi connectivity index (χ4v) is 5.42. The van der Waals surface area contributed by atoms with Gasteiger partial charge in [-0.1, -0.05) is 12.1 Å². The SMILES string of the molecule is BC(B)(c1ccc(OC)nc1)N1C2CC1CN(c1ccc(B3OC(C)(C)C(C)(C)O3)cn1)C2. The van der Waals surface area contributed by atoms with Gasteiger partial charge in [-0.25, -0.2) is 9.97 Å². The van der Waals surface area contributed by atoms with Crippen LogP contribution in [0, 0.1) is 0 Å². The van der Waals surface area contributed by atoms with E-state index in [9.17, 15) is 0 Å². The fraction of sp³-hybridized carbons (Fsp3) is 0.565. The minimum absolute atomic E-state index is 0.0764. The molecule has 2 atom stereocenters. The minimum Gasteiger partial charge on any atom is -0.481 e. The zero-order valence-corrected chi connectivity index (χ0v) is 20.8. The largest absolute Gasteiger partial charge is 0.496 e. The average Bonchev–Trinajstić information content (AvgIpc) is 3.00. The lowest BCUT2D eigenvalue weighted by Crippen LogP contribution is -2.74. The fourth-order valence-electron chi connectivity index (χ4n) is 5.42. The van der Waals surface area contributed by atoms with Crippen LogP contribution in [0.3, 0.4) is 0 Å². The average molecular weight is 446 g/mol. The predicted molar refractivity (Wildman–Crippen MR) is 136 cm³/mol. The van der Waals surface area contributed by atoms with Crippen molar-refractivity contribution in [1.29, 1.82) is 0 Å². The molecule has 2 unspecified atom stereocenters. The van der Waals surface area contributed by atoms with Crippen molar-refractivity contribution in [2.45, 2.75) is 62.7 Å². The molecule has 172 valence electrons. The Labute approximate surface area is 199 Å². The Kier molecular flexibility index (Phi) is 5.34. The van der Waals surface area contributed by atoms with E-state index >= 15 is 0 Å². The summed E-state index contributed by atoms with van der Waals surface area (Å²) in [4.78, 5) is 14.3. The smallest absolute Gasteiger partial charge is 0.481 e. The number of anilines is 1. The highest BCUT2D eigenvalue weighted by Gasteiger charge is 2.53. The number of rotatable bonds is 5. The van der Waals surface area contributed by atoms with Crippen LogP contribution < -0.4 is 15.1 Å². The predicted octanol–water partition coefficient (Wildman–Crippen LogP) is 0.124. The molecule has 6 rings (SSSR count). The summed E-state index contributed by atoms with van der Waals surface area (Å²) in [7, 11) is 5.87. The monoisotopic (exact) mass is 446 g/mol. The van der Waals surface area contributed by atoms with E-state index in [0.717, 1.165) is 24.4 Å². The third-order valence-corrected chi connectivity index (χ3v) is 8.11. The molecule has 0 spiro atoms.